The number of anilines is 1. The Labute approximate surface area is 84.0 Å². The van der Waals surface area contributed by atoms with Crippen LogP contribution in [0.2, 0.25) is 0 Å². The molecule has 0 saturated carbocycles. The Kier molecular flexibility index (Phi) is 1.95. The molecule has 1 aromatic carbocycles. The molecule has 3 nitrogen and oxygen atoms in total. The molecule has 0 spiro atoms. The number of hydrogen-bond donors (Lipinski definition) is 1. The van der Waals surface area contributed by atoms with Crippen molar-refractivity contribution in [3.8, 4) is 6.07 Å². The molecule has 0 aliphatic heterocycles. The van der Waals surface area contributed by atoms with E-state index in [1.165, 1.54) is 11.3 Å². The van der Waals surface area contributed by atoms with Crippen molar-refractivity contribution in [2.24, 2.45) is 0 Å². The van der Waals surface area contributed by atoms with Gasteiger partial charge in [0.2, 0.25) is 5.43 Å². The van der Waals surface area contributed by atoms with Gasteiger partial charge in [0, 0.05) is 10.1 Å². The van der Waals surface area contributed by atoms with Gasteiger partial charge in [0.1, 0.15) is 16.6 Å². The maximum Gasteiger partial charge on any atom is 0.212 e. The number of nitrogens with zero attached hydrogens (tertiary/aromatic N) is 1. The van der Waals surface area contributed by atoms with Crippen LogP contribution in [-0.2, 0) is 0 Å². The molecule has 0 amide bonds. The molecular formula is C10H6N2OS. The molecule has 2 rings (SSSR count). The first-order chi connectivity index (χ1) is 6.74. The smallest absolute Gasteiger partial charge is 0.212 e. The van der Waals surface area contributed by atoms with Gasteiger partial charge in [-0.25, -0.2) is 0 Å². The second-order valence-corrected chi connectivity index (χ2v) is 3.83. The summed E-state index contributed by atoms with van der Waals surface area (Å²) in [5.41, 5.74) is 5.33. The summed E-state index contributed by atoms with van der Waals surface area (Å²) >= 11 is 1.24. The summed E-state index contributed by atoms with van der Waals surface area (Å²) in [6.07, 6.45) is 0. The summed E-state index contributed by atoms with van der Waals surface area (Å²) in [6, 6.07) is 9.05. The van der Waals surface area contributed by atoms with Crippen molar-refractivity contribution in [1.29, 1.82) is 5.26 Å². The van der Waals surface area contributed by atoms with E-state index in [-0.39, 0.29) is 16.0 Å². The van der Waals surface area contributed by atoms with E-state index in [0.717, 1.165) is 4.70 Å². The van der Waals surface area contributed by atoms with Crippen molar-refractivity contribution < 1.29 is 0 Å². The van der Waals surface area contributed by atoms with Crippen molar-refractivity contribution >= 4 is 27.1 Å². The average Bonchev–Trinajstić information content (AvgIpc) is 2.23. The normalized spacial score (nSPS) is 9.93. The third-order valence-electron chi connectivity index (χ3n) is 1.93. The molecule has 1 aromatic heterocycles. The van der Waals surface area contributed by atoms with Crippen LogP contribution < -0.4 is 11.2 Å². The fourth-order valence-electron chi connectivity index (χ4n) is 1.24. The average molecular weight is 202 g/mol. The van der Waals surface area contributed by atoms with E-state index in [0.29, 0.717) is 5.39 Å². The van der Waals surface area contributed by atoms with Crippen LogP contribution in [-0.4, -0.2) is 0 Å². The number of nitrogens with two attached hydrogens (primary N) is 1. The van der Waals surface area contributed by atoms with E-state index < -0.39 is 0 Å². The number of nitriles is 1. The second kappa shape index (κ2) is 3.13. The molecule has 0 saturated heterocycles. The van der Waals surface area contributed by atoms with Crippen LogP contribution in [0, 0.1) is 11.3 Å². The molecule has 0 atom stereocenters. The van der Waals surface area contributed by atoms with Gasteiger partial charge in [0.25, 0.3) is 0 Å². The maximum absolute atomic E-state index is 11.6. The number of hydrogen-bond acceptors (Lipinski definition) is 4. The van der Waals surface area contributed by atoms with Gasteiger partial charge in [-0.3, -0.25) is 4.79 Å². The Morgan fingerprint density at radius 2 is 2.07 bits per heavy atom. The molecule has 2 N–H and O–H groups in total. The van der Waals surface area contributed by atoms with Crippen LogP contribution in [0.5, 0.6) is 0 Å². The van der Waals surface area contributed by atoms with Crippen molar-refractivity contribution in [3.05, 3.63) is 39.4 Å². The Morgan fingerprint density at radius 3 is 2.79 bits per heavy atom. The van der Waals surface area contributed by atoms with Crippen LogP contribution in [0.25, 0.3) is 10.1 Å². The lowest BCUT2D eigenvalue weighted by Crippen LogP contribution is -2.09. The molecule has 0 aliphatic rings. The Balaban J connectivity index is 3.02. The van der Waals surface area contributed by atoms with Crippen molar-refractivity contribution in [2.45, 2.75) is 0 Å². The minimum Gasteiger partial charge on any atom is -0.394 e. The summed E-state index contributed by atoms with van der Waals surface area (Å²) in [4.78, 5) is 11.9. The van der Waals surface area contributed by atoms with Crippen LogP contribution in [0.4, 0.5) is 5.69 Å². The SMILES string of the molecule is N#Cc1sc2ccccc2c(=O)c1N. The molecule has 0 radical (unpaired) electrons. The summed E-state index contributed by atoms with van der Waals surface area (Å²) in [7, 11) is 0. The highest BCUT2D eigenvalue weighted by atomic mass is 32.1. The zero-order valence-corrected chi connectivity index (χ0v) is 7.97. The molecule has 68 valence electrons. The van der Waals surface area contributed by atoms with Crippen LogP contribution in [0.15, 0.2) is 29.1 Å². The maximum atomic E-state index is 11.6. The van der Waals surface area contributed by atoms with Gasteiger partial charge in [-0.2, -0.15) is 5.26 Å². The lowest BCUT2D eigenvalue weighted by atomic mass is 10.2. The lowest BCUT2D eigenvalue weighted by molar-refractivity contribution is 1.51. The molecule has 14 heavy (non-hydrogen) atoms. The van der Waals surface area contributed by atoms with Crippen LogP contribution in [0.1, 0.15) is 4.88 Å². The van der Waals surface area contributed by atoms with Gasteiger partial charge >= 0.3 is 0 Å². The summed E-state index contributed by atoms with van der Waals surface area (Å²) in [5.74, 6) is 0. The van der Waals surface area contributed by atoms with Gasteiger partial charge in [-0.05, 0) is 12.1 Å². The Hall–Kier alpha value is -1.86. The Morgan fingerprint density at radius 1 is 1.36 bits per heavy atom. The highest BCUT2D eigenvalue weighted by Gasteiger charge is 2.07. The predicted molar refractivity (Wildman–Crippen MR) is 57.2 cm³/mol. The first-order valence-corrected chi connectivity index (χ1v) is 4.77. The standard InChI is InChI=1S/C10H6N2OS/c11-5-8-9(12)10(13)6-3-1-2-4-7(6)14-8/h1-4H,12H2. The highest BCUT2D eigenvalue weighted by Crippen LogP contribution is 2.22. The number of benzene rings is 1. The minimum atomic E-state index is -0.254. The largest absolute Gasteiger partial charge is 0.394 e. The van der Waals surface area contributed by atoms with E-state index in [1.807, 2.05) is 18.2 Å². The lowest BCUT2D eigenvalue weighted by Gasteiger charge is -1.98. The summed E-state index contributed by atoms with van der Waals surface area (Å²) in [6.45, 7) is 0. The van der Waals surface area contributed by atoms with Crippen molar-refractivity contribution in [2.75, 3.05) is 5.73 Å². The van der Waals surface area contributed by atoms with Gasteiger partial charge < -0.3 is 5.73 Å². The van der Waals surface area contributed by atoms with Crippen LogP contribution >= 0.6 is 11.3 Å². The molecule has 0 bridgehead atoms. The van der Waals surface area contributed by atoms with E-state index in [1.54, 1.807) is 12.1 Å². The number of rotatable bonds is 0. The third-order valence-corrected chi connectivity index (χ3v) is 3.03. The zero-order valence-electron chi connectivity index (χ0n) is 7.15. The van der Waals surface area contributed by atoms with E-state index in [2.05, 4.69) is 0 Å². The first kappa shape index (κ1) is 8.73. The second-order valence-electron chi connectivity index (χ2n) is 2.78. The fourth-order valence-corrected chi connectivity index (χ4v) is 2.12. The van der Waals surface area contributed by atoms with Gasteiger partial charge in [-0.1, -0.05) is 12.1 Å². The minimum absolute atomic E-state index is 0.0520. The Bertz CT molecular complexity index is 595. The topological polar surface area (TPSA) is 66.9 Å². The monoisotopic (exact) mass is 202 g/mol. The molecule has 2 aromatic rings. The zero-order chi connectivity index (χ0) is 10.1. The van der Waals surface area contributed by atoms with Crippen molar-refractivity contribution in [1.82, 2.24) is 0 Å². The molecule has 0 fully saturated rings. The molecule has 0 aliphatic carbocycles. The van der Waals surface area contributed by atoms with E-state index >= 15 is 0 Å². The van der Waals surface area contributed by atoms with Gasteiger partial charge in [0.05, 0.1) is 0 Å². The summed E-state index contributed by atoms with van der Waals surface area (Å²) < 4.78 is 0.795. The van der Waals surface area contributed by atoms with Gasteiger partial charge in [-0.15, -0.1) is 11.3 Å². The molecular weight excluding hydrogens is 196 g/mol. The molecule has 4 heteroatoms. The number of fused-ring (bicyclic) bond motifs is 1. The molecule has 1 heterocycles. The summed E-state index contributed by atoms with van der Waals surface area (Å²) in [5, 5.41) is 9.32. The number of nitrogen functional groups attached to an aromatic ring is 1. The van der Waals surface area contributed by atoms with E-state index in [9.17, 15) is 4.79 Å². The highest BCUT2D eigenvalue weighted by molar-refractivity contribution is 7.19. The van der Waals surface area contributed by atoms with Gasteiger partial charge in [0.15, 0.2) is 0 Å². The molecule has 0 unspecified atom stereocenters. The van der Waals surface area contributed by atoms with Crippen LogP contribution in [0.3, 0.4) is 0 Å². The fraction of sp³-hybridized carbons (Fsp3) is 0. The third kappa shape index (κ3) is 1.15. The van der Waals surface area contributed by atoms with E-state index in [4.69, 9.17) is 11.0 Å². The van der Waals surface area contributed by atoms with Crippen molar-refractivity contribution in [3.63, 3.8) is 0 Å². The first-order valence-electron chi connectivity index (χ1n) is 3.95. The quantitative estimate of drug-likeness (QED) is 0.707. The predicted octanol–water partition coefficient (Wildman–Crippen LogP) is 1.72.